The SMILES string of the molecule is CCC[NH+]1C=CN2C=C(S(=O)(=O)N[C@H](c3ccc(Cl)cc3)C(F)(F)F)NC2=C1. The fourth-order valence-electron chi connectivity index (χ4n) is 2.83. The topological polar surface area (TPSA) is 65.9 Å². The number of hydrogen-bond donors (Lipinski definition) is 3. The first kappa shape index (κ1) is 20.7. The third kappa shape index (κ3) is 4.52. The maximum Gasteiger partial charge on any atom is 0.408 e. The van der Waals surface area contributed by atoms with Crippen LogP contribution in [0.25, 0.3) is 0 Å². The van der Waals surface area contributed by atoms with Gasteiger partial charge in [0, 0.05) is 11.2 Å². The molecular weight excluding hydrogens is 417 g/mol. The molecule has 2 atom stereocenters. The number of hydrogen-bond acceptors (Lipinski definition) is 4. The van der Waals surface area contributed by atoms with Crippen LogP contribution in [0.2, 0.25) is 5.02 Å². The van der Waals surface area contributed by atoms with Crippen LogP contribution in [0, 0.1) is 0 Å². The van der Waals surface area contributed by atoms with Gasteiger partial charge in [0.15, 0.2) is 10.9 Å². The zero-order valence-corrected chi connectivity index (χ0v) is 16.4. The van der Waals surface area contributed by atoms with Crippen LogP contribution in [0.1, 0.15) is 24.9 Å². The van der Waals surface area contributed by atoms with E-state index in [2.05, 4.69) is 5.32 Å². The molecule has 0 amide bonds. The molecular formula is C17H19ClF3N4O2S+. The molecule has 28 heavy (non-hydrogen) atoms. The number of quaternary nitrogens is 1. The molecule has 152 valence electrons. The van der Waals surface area contributed by atoms with Crippen molar-refractivity contribution in [1.82, 2.24) is 14.9 Å². The molecule has 11 heteroatoms. The normalized spacial score (nSPS) is 20.3. The summed E-state index contributed by atoms with van der Waals surface area (Å²) in [7, 11) is -4.47. The van der Waals surface area contributed by atoms with Gasteiger partial charge in [0.1, 0.15) is 18.4 Å². The third-order valence-electron chi connectivity index (χ3n) is 4.19. The molecule has 3 rings (SSSR count). The number of halogens is 4. The van der Waals surface area contributed by atoms with E-state index in [4.69, 9.17) is 11.6 Å². The summed E-state index contributed by atoms with van der Waals surface area (Å²) in [6.07, 6.45) is 2.59. The molecule has 1 unspecified atom stereocenters. The van der Waals surface area contributed by atoms with Gasteiger partial charge < -0.3 is 5.32 Å². The summed E-state index contributed by atoms with van der Waals surface area (Å²) in [5.74, 6) is 0.473. The Hall–Kier alpha value is -2.01. The molecule has 0 aromatic heterocycles. The Kier molecular flexibility index (Phi) is 5.76. The van der Waals surface area contributed by atoms with Crippen molar-refractivity contribution in [2.24, 2.45) is 0 Å². The number of benzene rings is 1. The van der Waals surface area contributed by atoms with Gasteiger partial charge in [-0.25, -0.2) is 8.42 Å². The Bertz CT molecular complexity index is 927. The highest BCUT2D eigenvalue weighted by molar-refractivity contribution is 7.93. The predicted molar refractivity (Wildman–Crippen MR) is 98.7 cm³/mol. The summed E-state index contributed by atoms with van der Waals surface area (Å²) in [5, 5.41) is 2.57. The van der Waals surface area contributed by atoms with Gasteiger partial charge in [-0.15, -0.1) is 0 Å². The molecule has 0 radical (unpaired) electrons. The summed E-state index contributed by atoms with van der Waals surface area (Å²) >= 11 is 5.71. The molecule has 0 aliphatic carbocycles. The fourth-order valence-corrected chi connectivity index (χ4v) is 4.16. The Balaban J connectivity index is 1.83. The lowest BCUT2D eigenvalue weighted by Gasteiger charge is -2.22. The molecule has 2 heterocycles. The van der Waals surface area contributed by atoms with E-state index in [1.54, 1.807) is 17.1 Å². The highest BCUT2D eigenvalue weighted by Crippen LogP contribution is 2.34. The quantitative estimate of drug-likeness (QED) is 0.640. The van der Waals surface area contributed by atoms with Gasteiger partial charge >= 0.3 is 6.18 Å². The molecule has 1 aromatic rings. The van der Waals surface area contributed by atoms with Gasteiger partial charge in [-0.2, -0.15) is 17.9 Å². The summed E-state index contributed by atoms with van der Waals surface area (Å²) in [6, 6.07) is 2.43. The fraction of sp³-hybridized carbons (Fsp3) is 0.294. The Morgan fingerprint density at radius 3 is 2.57 bits per heavy atom. The molecule has 2 aliphatic heterocycles. The molecule has 2 aliphatic rings. The summed E-state index contributed by atoms with van der Waals surface area (Å²) in [5.41, 5.74) is -0.255. The molecule has 0 saturated heterocycles. The van der Waals surface area contributed by atoms with E-state index in [-0.39, 0.29) is 15.6 Å². The smallest absolute Gasteiger partial charge is 0.325 e. The lowest BCUT2D eigenvalue weighted by atomic mass is 10.1. The highest BCUT2D eigenvalue weighted by atomic mass is 35.5. The summed E-state index contributed by atoms with van der Waals surface area (Å²) < 4.78 is 67.6. The minimum atomic E-state index is -4.83. The first-order valence-electron chi connectivity index (χ1n) is 8.47. The van der Waals surface area contributed by atoms with Crippen LogP contribution in [-0.4, -0.2) is 26.0 Å². The molecule has 3 N–H and O–H groups in total. The van der Waals surface area contributed by atoms with Crippen molar-refractivity contribution in [2.75, 3.05) is 6.54 Å². The Labute approximate surface area is 166 Å². The molecule has 0 spiro atoms. The van der Waals surface area contributed by atoms with Gasteiger partial charge in [-0.1, -0.05) is 30.7 Å². The number of fused-ring (bicyclic) bond motifs is 1. The minimum absolute atomic E-state index is 0.252. The standard InChI is InChI=1S/C17H18ClF3N4O2S/c1-2-7-24-8-9-25-11-15(22-14(25)10-24)28(26,27)23-16(17(19,20)21)12-3-5-13(18)6-4-12/h3-6,8-11,16,22-23H,2,7H2,1H3/p+1/t16-/m1/s1. The Morgan fingerprint density at radius 1 is 1.29 bits per heavy atom. The summed E-state index contributed by atoms with van der Waals surface area (Å²) in [4.78, 5) is 2.51. The van der Waals surface area contributed by atoms with Crippen LogP contribution in [-0.2, 0) is 10.0 Å². The Morgan fingerprint density at radius 2 is 1.96 bits per heavy atom. The average Bonchev–Trinajstić information content (AvgIpc) is 3.04. The largest absolute Gasteiger partial charge is 0.408 e. The monoisotopic (exact) mass is 435 g/mol. The van der Waals surface area contributed by atoms with E-state index < -0.39 is 22.2 Å². The maximum atomic E-state index is 13.5. The van der Waals surface area contributed by atoms with E-state index in [0.717, 1.165) is 30.0 Å². The molecule has 1 aromatic carbocycles. The van der Waals surface area contributed by atoms with Crippen molar-refractivity contribution >= 4 is 21.6 Å². The predicted octanol–water partition coefficient (Wildman–Crippen LogP) is 2.15. The van der Waals surface area contributed by atoms with Crippen LogP contribution in [0.15, 0.2) is 59.9 Å². The number of alkyl halides is 3. The second-order valence-corrected chi connectivity index (χ2v) is 8.46. The lowest BCUT2D eigenvalue weighted by molar-refractivity contribution is -0.792. The van der Waals surface area contributed by atoms with E-state index in [9.17, 15) is 21.6 Å². The number of sulfonamides is 1. The van der Waals surface area contributed by atoms with E-state index in [0.29, 0.717) is 5.82 Å². The molecule has 0 fully saturated rings. The van der Waals surface area contributed by atoms with E-state index in [1.807, 2.05) is 13.1 Å². The molecule has 0 saturated carbocycles. The second-order valence-electron chi connectivity index (χ2n) is 6.34. The van der Waals surface area contributed by atoms with Gasteiger partial charge in [0.2, 0.25) is 0 Å². The van der Waals surface area contributed by atoms with Gasteiger partial charge in [-0.05, 0) is 24.1 Å². The average molecular weight is 436 g/mol. The number of rotatable bonds is 6. The van der Waals surface area contributed by atoms with Crippen molar-refractivity contribution in [1.29, 1.82) is 0 Å². The first-order valence-corrected chi connectivity index (χ1v) is 10.3. The third-order valence-corrected chi connectivity index (χ3v) is 5.77. The van der Waals surface area contributed by atoms with Crippen molar-refractivity contribution in [3.63, 3.8) is 0 Å². The number of nitrogens with one attached hydrogen (secondary N) is 3. The zero-order valence-electron chi connectivity index (χ0n) is 14.8. The second kappa shape index (κ2) is 7.78. The minimum Gasteiger partial charge on any atom is -0.325 e. The zero-order chi connectivity index (χ0) is 20.5. The van der Waals surface area contributed by atoms with E-state index in [1.165, 1.54) is 23.2 Å². The van der Waals surface area contributed by atoms with Crippen molar-refractivity contribution in [2.45, 2.75) is 25.6 Å². The van der Waals surface area contributed by atoms with Crippen molar-refractivity contribution in [3.8, 4) is 0 Å². The van der Waals surface area contributed by atoms with Gasteiger partial charge in [-0.3, -0.25) is 9.80 Å². The van der Waals surface area contributed by atoms with Crippen LogP contribution < -0.4 is 14.9 Å². The van der Waals surface area contributed by atoms with Crippen LogP contribution >= 0.6 is 11.6 Å². The summed E-state index contributed by atoms with van der Waals surface area (Å²) in [6.45, 7) is 2.82. The maximum absolute atomic E-state index is 13.5. The van der Waals surface area contributed by atoms with Gasteiger partial charge in [0.05, 0.1) is 12.7 Å². The number of nitrogens with zero attached hydrogens (tertiary/aromatic N) is 1. The highest BCUT2D eigenvalue weighted by Gasteiger charge is 2.44. The molecule has 6 nitrogen and oxygen atoms in total. The first-order chi connectivity index (χ1) is 13.1. The van der Waals surface area contributed by atoms with Crippen LogP contribution in [0.5, 0.6) is 0 Å². The van der Waals surface area contributed by atoms with Crippen LogP contribution in [0.4, 0.5) is 13.2 Å². The molecule has 0 bridgehead atoms. The van der Waals surface area contributed by atoms with Crippen molar-refractivity contribution in [3.05, 3.63) is 70.5 Å². The van der Waals surface area contributed by atoms with Crippen molar-refractivity contribution < 1.29 is 26.5 Å². The van der Waals surface area contributed by atoms with Crippen LogP contribution in [0.3, 0.4) is 0 Å². The van der Waals surface area contributed by atoms with E-state index >= 15 is 0 Å². The van der Waals surface area contributed by atoms with Gasteiger partial charge in [0.25, 0.3) is 10.0 Å². The lowest BCUT2D eigenvalue weighted by Crippen LogP contribution is -3.03.